The van der Waals surface area contributed by atoms with E-state index in [1.807, 2.05) is 0 Å². The minimum Gasteiger partial charge on any atom is -0.316 e. The lowest BCUT2D eigenvalue weighted by Crippen LogP contribution is -2.17. The number of rotatable bonds is 5. The van der Waals surface area contributed by atoms with Crippen LogP contribution in [0.2, 0.25) is 0 Å². The molecule has 6 nitrogen and oxygen atoms in total. The molecule has 114 valence electrons. The summed E-state index contributed by atoms with van der Waals surface area (Å²) in [6.45, 7) is 3.79. The van der Waals surface area contributed by atoms with Crippen molar-refractivity contribution in [2.75, 3.05) is 11.8 Å². The zero-order chi connectivity index (χ0) is 15.6. The lowest BCUT2D eigenvalue weighted by atomic mass is 10.2. The Morgan fingerprint density at radius 2 is 2.00 bits per heavy atom. The van der Waals surface area contributed by atoms with E-state index in [9.17, 15) is 12.8 Å². The Bertz CT molecular complexity index is 735. The topological polar surface area (TPSA) is 86.9 Å². The zero-order valence-corrected chi connectivity index (χ0v) is 12.8. The molecular weight excluding hydrogens is 295 g/mol. The van der Waals surface area contributed by atoms with Gasteiger partial charge in [-0.1, -0.05) is 0 Å². The van der Waals surface area contributed by atoms with Gasteiger partial charge in [0.1, 0.15) is 5.82 Å². The molecule has 1 aromatic carbocycles. The molecule has 0 aliphatic carbocycles. The summed E-state index contributed by atoms with van der Waals surface area (Å²) in [6.07, 6.45) is 0. The lowest BCUT2D eigenvalue weighted by molar-refractivity contribution is 0.595. The molecule has 0 aliphatic rings. The number of anilines is 1. The molecule has 0 fully saturated rings. The maximum atomic E-state index is 13.3. The monoisotopic (exact) mass is 312 g/mol. The number of aryl methyl sites for hydroxylation is 2. The van der Waals surface area contributed by atoms with Crippen LogP contribution < -0.4 is 10.0 Å². The van der Waals surface area contributed by atoms with E-state index < -0.39 is 15.8 Å². The summed E-state index contributed by atoms with van der Waals surface area (Å²) in [5, 5.41) is 9.30. The number of nitrogens with zero attached hydrogens (tertiary/aromatic N) is 1. The van der Waals surface area contributed by atoms with Crippen LogP contribution >= 0.6 is 0 Å². The SMILES string of the molecule is CNCc1c(S(=O)(=O)Nc2cc(C)cc(F)c2)n[nH]c1C. The molecule has 0 saturated carbocycles. The molecule has 0 aliphatic heterocycles. The highest BCUT2D eigenvalue weighted by Gasteiger charge is 2.23. The second kappa shape index (κ2) is 5.82. The van der Waals surface area contributed by atoms with Crippen molar-refractivity contribution in [1.82, 2.24) is 15.5 Å². The van der Waals surface area contributed by atoms with Gasteiger partial charge in [0.15, 0.2) is 0 Å². The molecule has 8 heteroatoms. The second-order valence-electron chi connectivity index (χ2n) is 4.79. The molecule has 0 saturated heterocycles. The van der Waals surface area contributed by atoms with Gasteiger partial charge in [-0.3, -0.25) is 9.82 Å². The molecule has 0 unspecified atom stereocenters. The van der Waals surface area contributed by atoms with Crippen molar-refractivity contribution in [1.29, 1.82) is 0 Å². The Morgan fingerprint density at radius 3 is 2.62 bits per heavy atom. The number of hydrogen-bond donors (Lipinski definition) is 3. The summed E-state index contributed by atoms with van der Waals surface area (Å²) in [6, 6.07) is 4.00. The Morgan fingerprint density at radius 1 is 1.29 bits per heavy atom. The molecule has 2 rings (SSSR count). The first kappa shape index (κ1) is 15.5. The number of H-pyrrole nitrogens is 1. The minimum absolute atomic E-state index is 0.0868. The highest BCUT2D eigenvalue weighted by molar-refractivity contribution is 7.92. The third-order valence-corrected chi connectivity index (χ3v) is 4.29. The average Bonchev–Trinajstić information content (AvgIpc) is 2.70. The minimum atomic E-state index is -3.88. The van der Waals surface area contributed by atoms with Gasteiger partial charge in [0.2, 0.25) is 5.03 Å². The molecule has 0 radical (unpaired) electrons. The summed E-state index contributed by atoms with van der Waals surface area (Å²) >= 11 is 0. The van der Waals surface area contributed by atoms with Crippen LogP contribution in [0.3, 0.4) is 0 Å². The highest BCUT2D eigenvalue weighted by Crippen LogP contribution is 2.21. The van der Waals surface area contributed by atoms with E-state index in [0.29, 0.717) is 23.4 Å². The smallest absolute Gasteiger partial charge is 0.281 e. The van der Waals surface area contributed by atoms with Gasteiger partial charge in [-0.25, -0.2) is 4.39 Å². The average molecular weight is 312 g/mol. The molecule has 0 amide bonds. The molecule has 1 aromatic heterocycles. The van der Waals surface area contributed by atoms with E-state index >= 15 is 0 Å². The van der Waals surface area contributed by atoms with Gasteiger partial charge in [-0.2, -0.15) is 13.5 Å². The molecule has 3 N–H and O–H groups in total. The van der Waals surface area contributed by atoms with Crippen LogP contribution in [0.15, 0.2) is 23.2 Å². The van der Waals surface area contributed by atoms with Crippen molar-refractivity contribution >= 4 is 15.7 Å². The fourth-order valence-corrected chi connectivity index (χ4v) is 3.28. The summed E-state index contributed by atoms with van der Waals surface area (Å²) in [7, 11) is -2.16. The standard InChI is InChI=1S/C13H17FN4O2S/c1-8-4-10(14)6-11(5-8)18-21(19,20)13-12(7-15-3)9(2)16-17-13/h4-6,15,18H,7H2,1-3H3,(H,16,17). The Hall–Kier alpha value is -1.93. The van der Waals surface area contributed by atoms with Crippen LogP contribution in [0.4, 0.5) is 10.1 Å². The van der Waals surface area contributed by atoms with Crippen LogP contribution in [-0.4, -0.2) is 25.7 Å². The van der Waals surface area contributed by atoms with Crippen molar-refractivity contribution < 1.29 is 12.8 Å². The van der Waals surface area contributed by atoms with Gasteiger partial charge >= 0.3 is 0 Å². The molecule has 1 heterocycles. The third kappa shape index (κ3) is 3.40. The van der Waals surface area contributed by atoms with Gasteiger partial charge in [0.25, 0.3) is 10.0 Å². The van der Waals surface area contributed by atoms with Gasteiger partial charge in [-0.15, -0.1) is 0 Å². The number of nitrogens with one attached hydrogen (secondary N) is 3. The maximum absolute atomic E-state index is 13.3. The predicted molar refractivity (Wildman–Crippen MR) is 78.0 cm³/mol. The van der Waals surface area contributed by atoms with Gasteiger partial charge in [0.05, 0.1) is 5.69 Å². The molecule has 0 atom stereocenters. The van der Waals surface area contributed by atoms with Crippen molar-refractivity contribution in [3.63, 3.8) is 0 Å². The van der Waals surface area contributed by atoms with E-state index in [4.69, 9.17) is 0 Å². The molecule has 2 aromatic rings. The number of hydrogen-bond acceptors (Lipinski definition) is 4. The Labute approximate surface area is 122 Å². The van der Waals surface area contributed by atoms with Crippen molar-refractivity contribution in [2.45, 2.75) is 25.4 Å². The van der Waals surface area contributed by atoms with Crippen molar-refractivity contribution in [3.8, 4) is 0 Å². The molecule has 0 bridgehead atoms. The van der Waals surface area contributed by atoms with Crippen molar-refractivity contribution in [2.24, 2.45) is 0 Å². The number of aromatic nitrogens is 2. The Kier molecular flexibility index (Phi) is 4.29. The largest absolute Gasteiger partial charge is 0.316 e. The van der Waals surface area contributed by atoms with E-state index in [2.05, 4.69) is 20.2 Å². The number of aromatic amines is 1. The van der Waals surface area contributed by atoms with E-state index in [0.717, 1.165) is 6.07 Å². The maximum Gasteiger partial charge on any atom is 0.281 e. The molecular formula is C13H17FN4O2S. The first-order chi connectivity index (χ1) is 9.83. The fraction of sp³-hybridized carbons (Fsp3) is 0.308. The van der Waals surface area contributed by atoms with E-state index in [-0.39, 0.29) is 10.7 Å². The first-order valence-corrected chi connectivity index (χ1v) is 7.80. The molecule has 21 heavy (non-hydrogen) atoms. The third-order valence-electron chi connectivity index (χ3n) is 2.94. The van der Waals surface area contributed by atoms with E-state index in [1.165, 1.54) is 6.07 Å². The fourth-order valence-electron chi connectivity index (χ4n) is 2.04. The number of sulfonamides is 1. The van der Waals surface area contributed by atoms with Crippen LogP contribution in [0, 0.1) is 19.7 Å². The number of halogens is 1. The summed E-state index contributed by atoms with van der Waals surface area (Å²) < 4.78 is 40.5. The predicted octanol–water partition coefficient (Wildman–Crippen LogP) is 1.69. The van der Waals surface area contributed by atoms with Crippen molar-refractivity contribution in [3.05, 3.63) is 40.8 Å². The van der Waals surface area contributed by atoms with Gasteiger partial charge in [-0.05, 0) is 44.7 Å². The van der Waals surface area contributed by atoms with Crippen LogP contribution in [0.1, 0.15) is 16.8 Å². The number of benzene rings is 1. The van der Waals surface area contributed by atoms with Crippen LogP contribution in [0.5, 0.6) is 0 Å². The summed E-state index contributed by atoms with van der Waals surface area (Å²) in [5.41, 5.74) is 2.02. The van der Waals surface area contributed by atoms with E-state index in [1.54, 1.807) is 27.0 Å². The summed E-state index contributed by atoms with van der Waals surface area (Å²) in [5.74, 6) is -0.499. The van der Waals surface area contributed by atoms with Crippen LogP contribution in [0.25, 0.3) is 0 Å². The first-order valence-electron chi connectivity index (χ1n) is 6.32. The quantitative estimate of drug-likeness (QED) is 0.784. The van der Waals surface area contributed by atoms with Crippen LogP contribution in [-0.2, 0) is 16.6 Å². The summed E-state index contributed by atoms with van der Waals surface area (Å²) in [4.78, 5) is 0. The normalized spacial score (nSPS) is 11.6. The molecule has 0 spiro atoms. The highest BCUT2D eigenvalue weighted by atomic mass is 32.2. The Balaban J connectivity index is 2.38. The lowest BCUT2D eigenvalue weighted by Gasteiger charge is -2.09. The van der Waals surface area contributed by atoms with Gasteiger partial charge < -0.3 is 5.32 Å². The zero-order valence-electron chi connectivity index (χ0n) is 12.0. The second-order valence-corrected chi connectivity index (χ2v) is 6.38. The van der Waals surface area contributed by atoms with Gasteiger partial charge in [0, 0.05) is 17.8 Å².